The zero-order valence-electron chi connectivity index (χ0n) is 18.7. The maximum absolute atomic E-state index is 12.5. The average molecular weight is 440 g/mol. The number of carbonyl (C=O) groups is 1. The fourth-order valence-corrected chi connectivity index (χ4v) is 4.38. The molecule has 0 bridgehead atoms. The highest BCUT2D eigenvalue weighted by molar-refractivity contribution is 5.88. The summed E-state index contributed by atoms with van der Waals surface area (Å²) in [6.07, 6.45) is 3.73. The number of nitrogens with zero attached hydrogens (tertiary/aromatic N) is 4. The molecule has 3 heterocycles. The van der Waals surface area contributed by atoms with E-state index in [2.05, 4.69) is 39.6 Å². The number of hydrogen-bond acceptors (Lipinski definition) is 6. The molecule has 0 saturated carbocycles. The van der Waals surface area contributed by atoms with Gasteiger partial charge in [-0.1, -0.05) is 12.1 Å². The van der Waals surface area contributed by atoms with Crippen molar-refractivity contribution in [1.29, 1.82) is 0 Å². The standard InChI is InChI=1S/C23H33N7O2/c1-17(29-15-19(16-29)6-8-24)14-18-2-4-20(5-3-18)30-11-7-21(27-23(30)32)26-22(31)28-12-9-25-10-13-28/h2-5,7,11,17,19,25H,6,8-10,12-16,24H2,1H3,(H,26,27,31,32). The minimum absolute atomic E-state index is 0.230. The molecular formula is C23H33N7O2. The smallest absolute Gasteiger partial charge is 0.330 e. The van der Waals surface area contributed by atoms with Crippen LogP contribution in [0.25, 0.3) is 5.69 Å². The summed E-state index contributed by atoms with van der Waals surface area (Å²) in [5, 5.41) is 5.92. The van der Waals surface area contributed by atoms with Gasteiger partial charge >= 0.3 is 11.7 Å². The van der Waals surface area contributed by atoms with Crippen LogP contribution in [0.5, 0.6) is 0 Å². The van der Waals surface area contributed by atoms with Crippen molar-refractivity contribution in [3.05, 3.63) is 52.6 Å². The van der Waals surface area contributed by atoms with Gasteiger partial charge < -0.3 is 16.0 Å². The summed E-state index contributed by atoms with van der Waals surface area (Å²) in [5.74, 6) is 1.01. The van der Waals surface area contributed by atoms with E-state index in [0.29, 0.717) is 19.1 Å². The fraction of sp³-hybridized carbons (Fsp3) is 0.522. The maximum Gasteiger partial charge on any atom is 0.354 e. The predicted octanol–water partition coefficient (Wildman–Crippen LogP) is 0.881. The van der Waals surface area contributed by atoms with E-state index in [9.17, 15) is 9.59 Å². The number of rotatable bonds is 7. The number of nitrogens with one attached hydrogen (secondary N) is 2. The Kier molecular flexibility index (Phi) is 7.19. The molecule has 1 aromatic heterocycles. The van der Waals surface area contributed by atoms with E-state index in [1.54, 1.807) is 17.2 Å². The number of anilines is 1. The lowest BCUT2D eigenvalue weighted by molar-refractivity contribution is 0.0568. The van der Waals surface area contributed by atoms with Crippen molar-refractivity contribution in [3.8, 4) is 5.69 Å². The molecule has 2 aliphatic rings. The third kappa shape index (κ3) is 5.35. The van der Waals surface area contributed by atoms with E-state index in [1.165, 1.54) is 10.1 Å². The Balaban J connectivity index is 1.34. The molecule has 0 spiro atoms. The molecule has 1 unspecified atom stereocenters. The fourth-order valence-electron chi connectivity index (χ4n) is 4.38. The summed E-state index contributed by atoms with van der Waals surface area (Å²) < 4.78 is 1.49. The van der Waals surface area contributed by atoms with Gasteiger partial charge in [-0.2, -0.15) is 4.98 Å². The van der Waals surface area contributed by atoms with Gasteiger partial charge in [0.15, 0.2) is 0 Å². The number of nitrogens with two attached hydrogens (primary N) is 1. The number of hydrogen-bond donors (Lipinski definition) is 3. The second kappa shape index (κ2) is 10.2. The predicted molar refractivity (Wildman–Crippen MR) is 125 cm³/mol. The van der Waals surface area contributed by atoms with Crippen molar-refractivity contribution in [1.82, 2.24) is 24.7 Å². The van der Waals surface area contributed by atoms with E-state index in [4.69, 9.17) is 5.73 Å². The topological polar surface area (TPSA) is 109 Å². The normalized spacial score (nSPS) is 18.2. The van der Waals surface area contributed by atoms with Crippen molar-refractivity contribution in [3.63, 3.8) is 0 Å². The van der Waals surface area contributed by atoms with Crippen molar-refractivity contribution in [2.24, 2.45) is 11.7 Å². The Morgan fingerprint density at radius 3 is 2.59 bits per heavy atom. The highest BCUT2D eigenvalue weighted by Gasteiger charge is 2.29. The van der Waals surface area contributed by atoms with Gasteiger partial charge in [0.1, 0.15) is 5.82 Å². The van der Waals surface area contributed by atoms with Gasteiger partial charge in [-0.15, -0.1) is 0 Å². The molecule has 2 amide bonds. The third-order valence-electron chi connectivity index (χ3n) is 6.37. The lowest BCUT2D eigenvalue weighted by Crippen LogP contribution is -2.52. The first-order chi connectivity index (χ1) is 15.5. The van der Waals surface area contributed by atoms with Gasteiger partial charge in [0, 0.05) is 51.5 Å². The maximum atomic E-state index is 12.5. The number of urea groups is 1. The second-order valence-electron chi connectivity index (χ2n) is 8.75. The molecule has 1 atom stereocenters. The van der Waals surface area contributed by atoms with Gasteiger partial charge in [0.05, 0.1) is 5.69 Å². The SMILES string of the molecule is CC(Cc1ccc(-n2ccc(NC(=O)N3CCNCC3)nc2=O)cc1)N1CC(CCN)C1. The molecule has 0 radical (unpaired) electrons. The molecule has 172 valence electrons. The van der Waals surface area contributed by atoms with E-state index in [0.717, 1.165) is 57.2 Å². The highest BCUT2D eigenvalue weighted by Crippen LogP contribution is 2.23. The minimum Gasteiger partial charge on any atom is -0.330 e. The Bertz CT molecular complexity index is 963. The Hall–Kier alpha value is -2.75. The molecule has 1 aromatic carbocycles. The Labute approximate surface area is 188 Å². The quantitative estimate of drug-likeness (QED) is 0.591. The van der Waals surface area contributed by atoms with Crippen LogP contribution in [-0.2, 0) is 6.42 Å². The van der Waals surface area contributed by atoms with Crippen molar-refractivity contribution < 1.29 is 4.79 Å². The molecule has 2 aromatic rings. The molecule has 9 heteroatoms. The van der Waals surface area contributed by atoms with Gasteiger partial charge in [0.25, 0.3) is 0 Å². The van der Waals surface area contributed by atoms with Crippen LogP contribution in [0.3, 0.4) is 0 Å². The summed E-state index contributed by atoms with van der Waals surface area (Å²) in [6, 6.07) is 9.92. The van der Waals surface area contributed by atoms with E-state index < -0.39 is 5.69 Å². The molecule has 2 fully saturated rings. The van der Waals surface area contributed by atoms with Crippen LogP contribution in [0.4, 0.5) is 10.6 Å². The molecule has 32 heavy (non-hydrogen) atoms. The lowest BCUT2D eigenvalue weighted by Gasteiger charge is -2.43. The number of piperazine rings is 1. The summed E-state index contributed by atoms with van der Waals surface area (Å²) in [5.41, 5.74) is 7.22. The first-order valence-corrected chi connectivity index (χ1v) is 11.4. The molecule has 4 N–H and O–H groups in total. The van der Waals surface area contributed by atoms with Crippen LogP contribution in [-0.4, -0.2) is 77.2 Å². The number of aromatic nitrogens is 2. The highest BCUT2D eigenvalue weighted by atomic mass is 16.2. The van der Waals surface area contributed by atoms with Crippen LogP contribution in [0.15, 0.2) is 41.3 Å². The first kappa shape index (κ1) is 22.4. The third-order valence-corrected chi connectivity index (χ3v) is 6.37. The van der Waals surface area contributed by atoms with Gasteiger partial charge in [-0.25, -0.2) is 9.59 Å². The molecule has 9 nitrogen and oxygen atoms in total. The Morgan fingerprint density at radius 1 is 1.22 bits per heavy atom. The molecule has 2 saturated heterocycles. The number of likely N-dealkylation sites (tertiary alicyclic amines) is 1. The van der Waals surface area contributed by atoms with Crippen molar-refractivity contribution in [2.45, 2.75) is 25.8 Å². The lowest BCUT2D eigenvalue weighted by atomic mass is 9.93. The van der Waals surface area contributed by atoms with Crippen molar-refractivity contribution in [2.75, 3.05) is 51.1 Å². The monoisotopic (exact) mass is 439 g/mol. The molecule has 4 rings (SSSR count). The van der Waals surface area contributed by atoms with Gasteiger partial charge in [0.2, 0.25) is 0 Å². The van der Waals surface area contributed by atoms with Gasteiger partial charge in [-0.3, -0.25) is 14.8 Å². The van der Waals surface area contributed by atoms with Crippen LogP contribution in [0.1, 0.15) is 18.9 Å². The molecule has 0 aliphatic carbocycles. The van der Waals surface area contributed by atoms with E-state index in [-0.39, 0.29) is 11.8 Å². The largest absolute Gasteiger partial charge is 0.354 e. The first-order valence-electron chi connectivity index (χ1n) is 11.4. The van der Waals surface area contributed by atoms with E-state index in [1.807, 2.05) is 12.1 Å². The minimum atomic E-state index is -0.421. The molecule has 2 aliphatic heterocycles. The summed E-state index contributed by atoms with van der Waals surface area (Å²) >= 11 is 0. The number of carbonyl (C=O) groups excluding carboxylic acids is 1. The van der Waals surface area contributed by atoms with Crippen LogP contribution >= 0.6 is 0 Å². The van der Waals surface area contributed by atoms with Crippen LogP contribution < -0.4 is 22.1 Å². The summed E-state index contributed by atoms with van der Waals surface area (Å²) in [4.78, 5) is 33.1. The van der Waals surface area contributed by atoms with Crippen LogP contribution in [0, 0.1) is 5.92 Å². The van der Waals surface area contributed by atoms with Gasteiger partial charge in [-0.05, 0) is 56.0 Å². The number of benzene rings is 1. The number of amides is 2. The zero-order valence-corrected chi connectivity index (χ0v) is 18.7. The van der Waals surface area contributed by atoms with E-state index >= 15 is 0 Å². The Morgan fingerprint density at radius 2 is 1.94 bits per heavy atom. The van der Waals surface area contributed by atoms with Crippen LogP contribution in [0.2, 0.25) is 0 Å². The zero-order chi connectivity index (χ0) is 22.5. The second-order valence-corrected chi connectivity index (χ2v) is 8.75. The summed E-state index contributed by atoms with van der Waals surface area (Å²) in [7, 11) is 0. The average Bonchev–Trinajstić information content (AvgIpc) is 2.77. The summed E-state index contributed by atoms with van der Waals surface area (Å²) in [6.45, 7) is 8.11. The van der Waals surface area contributed by atoms with Crippen molar-refractivity contribution >= 4 is 11.8 Å². The molecular weight excluding hydrogens is 406 g/mol.